The Balaban J connectivity index is 0.000000223. The second kappa shape index (κ2) is 9.72. The zero-order valence-electron chi connectivity index (χ0n) is 9.05. The first-order chi connectivity index (χ1) is 6.31. The maximum Gasteiger partial charge on any atom is 0.0794 e. The van der Waals surface area contributed by atoms with Crippen LogP contribution in [0, 0.1) is 6.92 Å². The van der Waals surface area contributed by atoms with Crippen molar-refractivity contribution in [2.45, 2.75) is 52.9 Å². The van der Waals surface area contributed by atoms with Gasteiger partial charge >= 0.3 is 0 Å². The fourth-order valence-electron chi connectivity index (χ4n) is 0.950. The van der Waals surface area contributed by atoms with Crippen LogP contribution in [0.4, 0.5) is 0 Å². The van der Waals surface area contributed by atoms with Crippen LogP contribution in [0.15, 0.2) is 10.9 Å². The zero-order valence-corrected chi connectivity index (χ0v) is 9.86. The first-order valence-corrected chi connectivity index (χ1v) is 6.10. The van der Waals surface area contributed by atoms with Crippen LogP contribution < -0.4 is 0 Å². The van der Waals surface area contributed by atoms with Crippen LogP contribution in [0.3, 0.4) is 0 Å². The van der Waals surface area contributed by atoms with Gasteiger partial charge in [-0.15, -0.1) is 11.3 Å². The molecule has 76 valence electrons. The van der Waals surface area contributed by atoms with Gasteiger partial charge in [0, 0.05) is 11.1 Å². The predicted molar refractivity (Wildman–Crippen MR) is 61.3 cm³/mol. The lowest BCUT2D eigenvalue weighted by atomic mass is 10.2. The Labute approximate surface area is 86.2 Å². The molecule has 1 nitrogen and oxygen atoms in total. The minimum absolute atomic E-state index is 1.11. The number of hydrogen-bond acceptors (Lipinski definition) is 2. The number of aromatic nitrogens is 1. The third kappa shape index (κ3) is 9.54. The first-order valence-electron chi connectivity index (χ1n) is 5.16. The second-order valence-corrected chi connectivity index (χ2v) is 3.91. The van der Waals surface area contributed by atoms with Crippen LogP contribution >= 0.6 is 11.3 Å². The van der Waals surface area contributed by atoms with Crippen molar-refractivity contribution in [3.8, 4) is 0 Å². The van der Waals surface area contributed by atoms with Crippen LogP contribution in [-0.2, 0) is 0 Å². The average molecular weight is 199 g/mol. The highest BCUT2D eigenvalue weighted by Crippen LogP contribution is 2.00. The summed E-state index contributed by atoms with van der Waals surface area (Å²) in [6.07, 6.45) is 7.01. The smallest absolute Gasteiger partial charge is 0.0794 e. The van der Waals surface area contributed by atoms with Crippen molar-refractivity contribution < 1.29 is 0 Å². The van der Waals surface area contributed by atoms with Crippen molar-refractivity contribution in [3.63, 3.8) is 0 Å². The van der Waals surface area contributed by atoms with Crippen molar-refractivity contribution in [2.75, 3.05) is 0 Å². The molecule has 0 saturated carbocycles. The van der Waals surface area contributed by atoms with Gasteiger partial charge < -0.3 is 0 Å². The van der Waals surface area contributed by atoms with Gasteiger partial charge in [0.25, 0.3) is 0 Å². The number of rotatable bonds is 4. The number of aryl methyl sites for hydroxylation is 1. The highest BCUT2D eigenvalue weighted by Gasteiger charge is 1.80. The molecule has 1 aromatic rings. The summed E-state index contributed by atoms with van der Waals surface area (Å²) in [4.78, 5) is 3.94. The Morgan fingerprint density at radius 1 is 1.15 bits per heavy atom. The molecule has 1 heterocycles. The first kappa shape index (κ1) is 12.6. The van der Waals surface area contributed by atoms with E-state index in [1.807, 2.05) is 17.8 Å². The molecule has 0 spiro atoms. The molecule has 1 rings (SSSR count). The predicted octanol–water partition coefficient (Wildman–Crippen LogP) is 4.43. The maximum absolute atomic E-state index is 3.94. The Hall–Kier alpha value is -0.370. The van der Waals surface area contributed by atoms with Gasteiger partial charge in [-0.2, -0.15) is 0 Å². The van der Waals surface area contributed by atoms with Gasteiger partial charge in [0.1, 0.15) is 0 Å². The van der Waals surface area contributed by atoms with Crippen molar-refractivity contribution in [3.05, 3.63) is 16.6 Å². The van der Waals surface area contributed by atoms with E-state index < -0.39 is 0 Å². The summed E-state index contributed by atoms with van der Waals surface area (Å²) in [7, 11) is 0. The van der Waals surface area contributed by atoms with Gasteiger partial charge in [-0.05, 0) is 6.92 Å². The van der Waals surface area contributed by atoms with E-state index in [1.54, 1.807) is 11.3 Å². The van der Waals surface area contributed by atoms with E-state index in [2.05, 4.69) is 18.8 Å². The molecule has 13 heavy (non-hydrogen) atoms. The number of nitrogens with zero attached hydrogens (tertiary/aromatic N) is 1. The van der Waals surface area contributed by atoms with Crippen molar-refractivity contribution in [1.29, 1.82) is 0 Å². The quantitative estimate of drug-likeness (QED) is 0.654. The molecule has 1 aromatic heterocycles. The lowest BCUT2D eigenvalue weighted by molar-refractivity contribution is 0.656. The normalized spacial score (nSPS) is 9.15. The Morgan fingerprint density at radius 2 is 1.77 bits per heavy atom. The molecule has 0 aliphatic heterocycles. The molecule has 0 aliphatic carbocycles. The monoisotopic (exact) mass is 199 g/mol. The third-order valence-electron chi connectivity index (χ3n) is 1.76. The molecule has 0 N–H and O–H groups in total. The lowest BCUT2D eigenvalue weighted by Crippen LogP contribution is -1.70. The molecule has 0 atom stereocenters. The van der Waals surface area contributed by atoms with Gasteiger partial charge in [-0.25, -0.2) is 0 Å². The fourth-order valence-corrected chi connectivity index (χ4v) is 1.50. The number of thiazole rings is 1. The summed E-state index contributed by atoms with van der Waals surface area (Å²) in [5.74, 6) is 0. The molecule has 0 aromatic carbocycles. The van der Waals surface area contributed by atoms with Gasteiger partial charge in [-0.1, -0.05) is 46.0 Å². The average Bonchev–Trinajstić information content (AvgIpc) is 2.58. The van der Waals surface area contributed by atoms with Crippen molar-refractivity contribution in [2.24, 2.45) is 0 Å². The highest BCUT2D eigenvalue weighted by atomic mass is 32.1. The van der Waals surface area contributed by atoms with E-state index in [9.17, 15) is 0 Å². The van der Waals surface area contributed by atoms with E-state index in [1.165, 1.54) is 32.1 Å². The van der Waals surface area contributed by atoms with Crippen LogP contribution in [-0.4, -0.2) is 4.98 Å². The highest BCUT2D eigenvalue weighted by molar-refractivity contribution is 7.07. The summed E-state index contributed by atoms with van der Waals surface area (Å²) in [6.45, 7) is 6.47. The van der Waals surface area contributed by atoms with Crippen LogP contribution in [0.2, 0.25) is 0 Å². The third-order valence-corrected chi connectivity index (χ3v) is 2.47. The largest absolute Gasteiger partial charge is 0.250 e. The molecule has 0 bridgehead atoms. The molecule has 0 amide bonds. The SMILES string of the molecule is CCCCCCC.Cc1cscn1. The van der Waals surface area contributed by atoms with Crippen LogP contribution in [0.25, 0.3) is 0 Å². The zero-order chi connectivity index (χ0) is 9.94. The number of unbranched alkanes of at least 4 members (excludes halogenated alkanes) is 4. The minimum Gasteiger partial charge on any atom is -0.250 e. The minimum atomic E-state index is 1.11. The summed E-state index contributed by atoms with van der Waals surface area (Å²) in [5, 5.41) is 2.01. The van der Waals surface area contributed by atoms with E-state index in [-0.39, 0.29) is 0 Å². The van der Waals surface area contributed by atoms with Gasteiger partial charge in [-0.3, -0.25) is 4.98 Å². The van der Waals surface area contributed by atoms with E-state index in [0.717, 1.165) is 5.69 Å². The summed E-state index contributed by atoms with van der Waals surface area (Å²) in [5.41, 5.74) is 2.94. The van der Waals surface area contributed by atoms with Crippen molar-refractivity contribution >= 4 is 11.3 Å². The molecule has 0 aliphatic rings. The maximum atomic E-state index is 3.94. The van der Waals surface area contributed by atoms with E-state index in [4.69, 9.17) is 0 Å². The summed E-state index contributed by atoms with van der Waals surface area (Å²) in [6, 6.07) is 0. The molecule has 0 saturated heterocycles. The van der Waals surface area contributed by atoms with Crippen molar-refractivity contribution in [1.82, 2.24) is 4.98 Å². The molecule has 0 fully saturated rings. The van der Waals surface area contributed by atoms with Crippen LogP contribution in [0.1, 0.15) is 51.6 Å². The molecule has 0 unspecified atom stereocenters. The standard InChI is InChI=1S/C7H16.C4H5NS/c1-3-5-7-6-4-2;1-4-2-6-3-5-4/h3-7H2,1-2H3;2-3H,1H3. The van der Waals surface area contributed by atoms with Crippen LogP contribution in [0.5, 0.6) is 0 Å². The number of hydrogen-bond donors (Lipinski definition) is 0. The second-order valence-electron chi connectivity index (χ2n) is 3.19. The fraction of sp³-hybridized carbons (Fsp3) is 0.727. The molecular weight excluding hydrogens is 178 g/mol. The van der Waals surface area contributed by atoms with Gasteiger partial charge in [0.15, 0.2) is 0 Å². The van der Waals surface area contributed by atoms with Gasteiger partial charge in [0.2, 0.25) is 0 Å². The summed E-state index contributed by atoms with van der Waals surface area (Å²) >= 11 is 1.63. The van der Waals surface area contributed by atoms with E-state index in [0.29, 0.717) is 0 Å². The topological polar surface area (TPSA) is 12.9 Å². The molecule has 2 heteroatoms. The Kier molecular flexibility index (Phi) is 9.44. The lowest BCUT2D eigenvalue weighted by Gasteiger charge is -1.90. The Bertz CT molecular complexity index is 166. The van der Waals surface area contributed by atoms with Gasteiger partial charge in [0.05, 0.1) is 5.51 Å². The molecule has 0 radical (unpaired) electrons. The Morgan fingerprint density at radius 3 is 2.00 bits per heavy atom. The summed E-state index contributed by atoms with van der Waals surface area (Å²) < 4.78 is 0. The molecular formula is C11H21NS. The van der Waals surface area contributed by atoms with E-state index >= 15 is 0 Å².